The minimum Gasteiger partial charge on any atom is -0.550 e. The topological polar surface area (TPSA) is 78.5 Å². The molecule has 0 aromatic heterocycles. The molecule has 2 saturated carbocycles. The number of nitrogens with one attached hydrogen (secondary N) is 1. The maximum absolute atomic E-state index is 12.4. The van der Waals surface area contributed by atoms with Gasteiger partial charge in [0.25, 0.3) is 0 Å². The third-order valence-electron chi connectivity index (χ3n) is 4.85. The van der Waals surface area contributed by atoms with Crippen LogP contribution in [0.2, 0.25) is 0 Å². The molecule has 4 atom stereocenters. The highest BCUT2D eigenvalue weighted by Gasteiger charge is 2.51. The largest absolute Gasteiger partial charge is 0.550 e. The number of fused-ring (bicyclic) bond motifs is 2. The number of hydrogen-bond donors (Lipinski definition) is 1. The first kappa shape index (κ1) is 13.9. The van der Waals surface area contributed by atoms with Gasteiger partial charge in [0.1, 0.15) is 5.75 Å². The number of hydrogen-bond acceptors (Lipinski definition) is 4. The molecule has 1 amide bonds. The van der Waals surface area contributed by atoms with Gasteiger partial charge in [0.15, 0.2) is 0 Å². The van der Waals surface area contributed by atoms with Gasteiger partial charge in [-0.1, -0.05) is 0 Å². The van der Waals surface area contributed by atoms with Crippen LogP contribution in [0.1, 0.15) is 19.3 Å². The molecule has 0 spiro atoms. The number of anilines is 1. The first-order chi connectivity index (χ1) is 10.1. The second-order valence-electron chi connectivity index (χ2n) is 5.92. The summed E-state index contributed by atoms with van der Waals surface area (Å²) in [5.41, 5.74) is 0.653. The highest BCUT2D eigenvalue weighted by Crippen LogP contribution is 2.52. The van der Waals surface area contributed by atoms with E-state index in [1.54, 1.807) is 31.4 Å². The zero-order valence-corrected chi connectivity index (χ0v) is 11.9. The van der Waals surface area contributed by atoms with E-state index in [4.69, 9.17) is 4.74 Å². The Balaban J connectivity index is 1.73. The first-order valence-electron chi connectivity index (χ1n) is 7.26. The van der Waals surface area contributed by atoms with Gasteiger partial charge in [-0.2, -0.15) is 0 Å². The van der Waals surface area contributed by atoms with Crippen molar-refractivity contribution in [1.29, 1.82) is 0 Å². The van der Waals surface area contributed by atoms with Crippen LogP contribution in [0.4, 0.5) is 5.69 Å². The third-order valence-corrected chi connectivity index (χ3v) is 4.85. The number of ether oxygens (including phenoxy) is 1. The van der Waals surface area contributed by atoms with Crippen LogP contribution in [-0.4, -0.2) is 19.0 Å². The average molecular weight is 288 g/mol. The van der Waals surface area contributed by atoms with Crippen LogP contribution in [0.5, 0.6) is 5.75 Å². The Morgan fingerprint density at radius 1 is 1.14 bits per heavy atom. The number of aliphatic carboxylic acids is 1. The fraction of sp³-hybridized carbons (Fsp3) is 0.500. The van der Waals surface area contributed by atoms with Crippen LogP contribution in [0.25, 0.3) is 0 Å². The van der Waals surface area contributed by atoms with Gasteiger partial charge < -0.3 is 20.0 Å². The number of amides is 1. The second kappa shape index (κ2) is 5.39. The number of carboxylic acid groups (broad SMARTS) is 1. The van der Waals surface area contributed by atoms with Crippen molar-refractivity contribution in [3.05, 3.63) is 24.3 Å². The lowest BCUT2D eigenvalue weighted by atomic mass is 9.78. The van der Waals surface area contributed by atoms with Gasteiger partial charge in [0.2, 0.25) is 5.91 Å². The predicted molar refractivity (Wildman–Crippen MR) is 74.4 cm³/mol. The number of carboxylic acids is 1. The minimum atomic E-state index is -1.09. The molecule has 0 radical (unpaired) electrons. The molecule has 2 aliphatic carbocycles. The van der Waals surface area contributed by atoms with E-state index in [9.17, 15) is 14.7 Å². The van der Waals surface area contributed by atoms with Crippen molar-refractivity contribution in [2.75, 3.05) is 12.4 Å². The van der Waals surface area contributed by atoms with Crippen molar-refractivity contribution in [2.45, 2.75) is 19.3 Å². The smallest absolute Gasteiger partial charge is 0.228 e. The molecule has 5 heteroatoms. The van der Waals surface area contributed by atoms with Gasteiger partial charge in [0.05, 0.1) is 7.11 Å². The van der Waals surface area contributed by atoms with E-state index in [0.717, 1.165) is 19.3 Å². The van der Waals surface area contributed by atoms with E-state index in [1.807, 2.05) is 0 Å². The molecule has 3 rings (SSSR count). The Morgan fingerprint density at radius 2 is 1.76 bits per heavy atom. The summed E-state index contributed by atoms with van der Waals surface area (Å²) in [6.45, 7) is 0. The normalized spacial score (nSPS) is 30.1. The molecule has 2 aliphatic rings. The summed E-state index contributed by atoms with van der Waals surface area (Å²) in [6, 6.07) is 7.01. The Hall–Kier alpha value is -2.04. The molecule has 5 nitrogen and oxygen atoms in total. The fourth-order valence-corrected chi connectivity index (χ4v) is 3.91. The molecule has 0 saturated heterocycles. The lowest BCUT2D eigenvalue weighted by Crippen LogP contribution is -2.43. The summed E-state index contributed by atoms with van der Waals surface area (Å²) in [4.78, 5) is 23.8. The van der Waals surface area contributed by atoms with E-state index >= 15 is 0 Å². The van der Waals surface area contributed by atoms with E-state index in [2.05, 4.69) is 5.32 Å². The van der Waals surface area contributed by atoms with Crippen LogP contribution >= 0.6 is 0 Å². The maximum Gasteiger partial charge on any atom is 0.228 e. The molecular formula is C16H18NO4-. The molecule has 0 unspecified atom stereocenters. The van der Waals surface area contributed by atoms with Crippen molar-refractivity contribution in [3.63, 3.8) is 0 Å². The number of rotatable bonds is 4. The maximum atomic E-state index is 12.4. The molecular weight excluding hydrogens is 270 g/mol. The van der Waals surface area contributed by atoms with Crippen molar-refractivity contribution in [3.8, 4) is 5.75 Å². The third kappa shape index (κ3) is 2.48. The molecule has 2 bridgehead atoms. The number of benzene rings is 1. The Labute approximate surface area is 123 Å². The van der Waals surface area contributed by atoms with E-state index < -0.39 is 17.8 Å². The van der Waals surface area contributed by atoms with Crippen molar-refractivity contribution in [1.82, 2.24) is 0 Å². The van der Waals surface area contributed by atoms with E-state index in [1.165, 1.54) is 0 Å². The summed E-state index contributed by atoms with van der Waals surface area (Å²) in [5, 5.41) is 14.2. The standard InChI is InChI=1S/C16H19NO4/c1-21-12-6-4-11(5-7-12)17-15(18)13-9-2-3-10(8-9)14(13)16(19)20/h4-7,9-10,13-14H,2-3,8H2,1H3,(H,17,18)(H,19,20)/p-1/t9-,10+,13-,14+/m1/s1. The Kier molecular flexibility index (Phi) is 3.57. The Bertz CT molecular complexity index is 554. The molecule has 0 heterocycles. The van der Waals surface area contributed by atoms with Crippen LogP contribution in [0.15, 0.2) is 24.3 Å². The highest BCUT2D eigenvalue weighted by atomic mass is 16.5. The van der Waals surface area contributed by atoms with Crippen molar-refractivity contribution >= 4 is 17.6 Å². The number of methoxy groups -OCH3 is 1. The van der Waals surface area contributed by atoms with Gasteiger partial charge in [-0.25, -0.2) is 0 Å². The summed E-state index contributed by atoms with van der Waals surface area (Å²) in [6.07, 6.45) is 2.67. The van der Waals surface area contributed by atoms with E-state index in [-0.39, 0.29) is 17.7 Å². The molecule has 21 heavy (non-hydrogen) atoms. The minimum absolute atomic E-state index is 0.103. The van der Waals surface area contributed by atoms with E-state index in [0.29, 0.717) is 11.4 Å². The van der Waals surface area contributed by atoms with Crippen LogP contribution in [0, 0.1) is 23.7 Å². The second-order valence-corrected chi connectivity index (χ2v) is 5.92. The molecule has 0 aliphatic heterocycles. The van der Waals surface area contributed by atoms with Crippen LogP contribution < -0.4 is 15.2 Å². The lowest BCUT2D eigenvalue weighted by Gasteiger charge is -2.30. The molecule has 1 N–H and O–H groups in total. The van der Waals surface area contributed by atoms with Crippen LogP contribution in [-0.2, 0) is 9.59 Å². The SMILES string of the molecule is COc1ccc(NC(=O)[C@@H]2[C@@H]3CC[C@@H](C3)[C@@H]2C(=O)[O-])cc1. The highest BCUT2D eigenvalue weighted by molar-refractivity contribution is 5.95. The van der Waals surface area contributed by atoms with Crippen LogP contribution in [0.3, 0.4) is 0 Å². The summed E-state index contributed by atoms with van der Waals surface area (Å²) < 4.78 is 5.06. The van der Waals surface area contributed by atoms with Crippen molar-refractivity contribution in [2.24, 2.45) is 23.7 Å². The van der Waals surface area contributed by atoms with Gasteiger partial charge in [-0.15, -0.1) is 0 Å². The lowest BCUT2D eigenvalue weighted by molar-refractivity contribution is -0.314. The van der Waals surface area contributed by atoms with Gasteiger partial charge in [-0.3, -0.25) is 4.79 Å². The molecule has 2 fully saturated rings. The number of carbonyl (C=O) groups is 2. The van der Waals surface area contributed by atoms with Gasteiger partial charge >= 0.3 is 0 Å². The predicted octanol–water partition coefficient (Wildman–Crippen LogP) is 1.05. The van der Waals surface area contributed by atoms with Crippen molar-refractivity contribution < 1.29 is 19.4 Å². The zero-order valence-electron chi connectivity index (χ0n) is 11.9. The monoisotopic (exact) mass is 288 g/mol. The summed E-state index contributed by atoms with van der Waals surface area (Å²) in [7, 11) is 1.58. The van der Waals surface area contributed by atoms with Gasteiger partial charge in [-0.05, 0) is 55.4 Å². The number of carbonyl (C=O) groups excluding carboxylic acids is 2. The molecule has 112 valence electrons. The molecule has 1 aromatic rings. The quantitative estimate of drug-likeness (QED) is 0.898. The summed E-state index contributed by atoms with van der Waals surface area (Å²) in [5.74, 6) is -1.40. The average Bonchev–Trinajstić information content (AvgIpc) is 3.08. The Morgan fingerprint density at radius 3 is 2.33 bits per heavy atom. The zero-order chi connectivity index (χ0) is 15.0. The fourth-order valence-electron chi connectivity index (χ4n) is 3.91. The summed E-state index contributed by atoms with van der Waals surface area (Å²) >= 11 is 0. The first-order valence-corrected chi connectivity index (χ1v) is 7.26. The van der Waals surface area contributed by atoms with Gasteiger partial charge in [0, 0.05) is 23.5 Å². The molecule has 1 aromatic carbocycles.